The molecule has 1 aromatic rings. The topological polar surface area (TPSA) is 0 Å². The monoisotopic (exact) mass is 248 g/mol. The van der Waals surface area contributed by atoms with Crippen molar-refractivity contribution in [3.63, 3.8) is 0 Å². The maximum absolute atomic E-state index is 2.46. The highest BCUT2D eigenvalue weighted by Crippen LogP contribution is 2.38. The SMILES string of the molecule is CC[Si]1(CC)c2ccccc2[Si]1(CC)CC. The predicted molar refractivity (Wildman–Crippen MR) is 79.1 cm³/mol. The molecule has 0 spiro atoms. The Balaban J connectivity index is 2.62. The van der Waals surface area contributed by atoms with Crippen LogP contribution in [-0.4, -0.2) is 15.2 Å². The van der Waals surface area contributed by atoms with Crippen LogP contribution in [0.2, 0.25) is 24.2 Å². The summed E-state index contributed by atoms with van der Waals surface area (Å²) in [7, 11) is -2.10. The van der Waals surface area contributed by atoms with Gasteiger partial charge >= 0.3 is 0 Å². The van der Waals surface area contributed by atoms with Crippen molar-refractivity contribution in [2.24, 2.45) is 0 Å². The minimum atomic E-state index is -1.05. The lowest BCUT2D eigenvalue weighted by Crippen LogP contribution is -2.88. The van der Waals surface area contributed by atoms with Gasteiger partial charge in [0.25, 0.3) is 0 Å². The summed E-state index contributed by atoms with van der Waals surface area (Å²) in [5, 5.41) is 3.66. The van der Waals surface area contributed by atoms with Crippen molar-refractivity contribution in [1.82, 2.24) is 0 Å². The van der Waals surface area contributed by atoms with Crippen LogP contribution in [0.5, 0.6) is 0 Å². The fourth-order valence-electron chi connectivity index (χ4n) is 4.39. The van der Waals surface area contributed by atoms with E-state index >= 15 is 0 Å². The summed E-state index contributed by atoms with van der Waals surface area (Å²) in [5.41, 5.74) is 0. The molecule has 0 aromatic heterocycles. The van der Waals surface area contributed by atoms with E-state index in [1.54, 1.807) is 0 Å². The maximum Gasteiger partial charge on any atom is 0.0849 e. The minimum absolute atomic E-state index is 1.05. The molecule has 0 bridgehead atoms. The zero-order valence-electron chi connectivity index (χ0n) is 11.1. The van der Waals surface area contributed by atoms with Crippen LogP contribution in [0.4, 0.5) is 0 Å². The third kappa shape index (κ3) is 1.15. The van der Waals surface area contributed by atoms with Crippen LogP contribution < -0.4 is 10.4 Å². The van der Waals surface area contributed by atoms with Gasteiger partial charge in [-0.2, -0.15) is 0 Å². The molecule has 0 nitrogen and oxygen atoms in total. The maximum atomic E-state index is 2.46. The highest BCUT2D eigenvalue weighted by atomic mass is 29.3. The zero-order chi connectivity index (χ0) is 11.8. The van der Waals surface area contributed by atoms with Gasteiger partial charge in [-0.05, 0) is 0 Å². The quantitative estimate of drug-likeness (QED) is 0.718. The molecule has 0 atom stereocenters. The molecule has 1 aliphatic rings. The largest absolute Gasteiger partial charge is 0.0849 e. The van der Waals surface area contributed by atoms with E-state index < -0.39 is 15.2 Å². The van der Waals surface area contributed by atoms with E-state index in [0.29, 0.717) is 0 Å². The number of rotatable bonds is 4. The Morgan fingerprint density at radius 3 is 1.25 bits per heavy atom. The Bertz CT molecular complexity index is 339. The number of fused-ring (bicyclic) bond motifs is 1. The summed E-state index contributed by atoms with van der Waals surface area (Å²) in [5.74, 6) is 0. The highest BCUT2D eigenvalue weighted by molar-refractivity contribution is 7.58. The van der Waals surface area contributed by atoms with Crippen LogP contribution in [0, 0.1) is 0 Å². The van der Waals surface area contributed by atoms with E-state index in [1.165, 1.54) is 24.2 Å². The molecule has 0 N–H and O–H groups in total. The van der Waals surface area contributed by atoms with Crippen molar-refractivity contribution in [2.75, 3.05) is 0 Å². The van der Waals surface area contributed by atoms with Crippen LogP contribution >= 0.6 is 0 Å². The molecule has 0 saturated heterocycles. The Labute approximate surface area is 102 Å². The van der Waals surface area contributed by atoms with Gasteiger partial charge in [-0.25, -0.2) is 0 Å². The summed E-state index contributed by atoms with van der Waals surface area (Å²) >= 11 is 0. The molecule has 2 heteroatoms. The molecule has 0 aliphatic carbocycles. The number of hydrogen-bond donors (Lipinski definition) is 0. The Hall–Kier alpha value is -0.346. The minimum Gasteiger partial charge on any atom is -0.0677 e. The van der Waals surface area contributed by atoms with E-state index in [0.717, 1.165) is 0 Å². The molecule has 0 amide bonds. The van der Waals surface area contributed by atoms with Gasteiger partial charge in [0.15, 0.2) is 0 Å². The van der Waals surface area contributed by atoms with Gasteiger partial charge in [-0.3, -0.25) is 0 Å². The lowest BCUT2D eigenvalue weighted by molar-refractivity contribution is 1.22. The first-order chi connectivity index (χ1) is 7.72. The molecule has 1 aromatic carbocycles. The van der Waals surface area contributed by atoms with Crippen LogP contribution in [-0.2, 0) is 0 Å². The molecular formula is C14H24Si2. The molecule has 0 fully saturated rings. The van der Waals surface area contributed by atoms with E-state index in [-0.39, 0.29) is 0 Å². The normalized spacial score (nSPS) is 20.0. The van der Waals surface area contributed by atoms with Crippen LogP contribution in [0.1, 0.15) is 27.7 Å². The lowest BCUT2D eigenvalue weighted by Gasteiger charge is -2.58. The second-order valence-electron chi connectivity index (χ2n) is 5.12. The van der Waals surface area contributed by atoms with E-state index in [4.69, 9.17) is 0 Å². The van der Waals surface area contributed by atoms with Crippen molar-refractivity contribution in [3.05, 3.63) is 24.3 Å². The molecule has 88 valence electrons. The second-order valence-corrected chi connectivity index (χ2v) is 19.1. The summed E-state index contributed by atoms with van der Waals surface area (Å²) < 4.78 is 0. The van der Waals surface area contributed by atoms with Gasteiger partial charge in [-0.15, -0.1) is 0 Å². The van der Waals surface area contributed by atoms with Gasteiger partial charge < -0.3 is 0 Å². The van der Waals surface area contributed by atoms with E-state index in [2.05, 4.69) is 52.0 Å². The molecule has 2 rings (SSSR count). The fourth-order valence-corrected chi connectivity index (χ4v) is 25.8. The molecule has 0 unspecified atom stereocenters. The first-order valence-electron chi connectivity index (χ1n) is 6.82. The van der Waals surface area contributed by atoms with Gasteiger partial charge in [-0.1, -0.05) is 86.5 Å². The average molecular weight is 249 g/mol. The van der Waals surface area contributed by atoms with Crippen LogP contribution in [0.3, 0.4) is 0 Å². The smallest absolute Gasteiger partial charge is 0.0677 e. The fraction of sp³-hybridized carbons (Fsp3) is 0.571. The van der Waals surface area contributed by atoms with Crippen LogP contribution in [0.15, 0.2) is 24.3 Å². The summed E-state index contributed by atoms with van der Waals surface area (Å²) in [6.45, 7) is 9.83. The van der Waals surface area contributed by atoms with Gasteiger partial charge in [0.1, 0.15) is 0 Å². The number of hydrogen-bond acceptors (Lipinski definition) is 0. The predicted octanol–water partition coefficient (Wildman–Crippen LogP) is 3.17. The Morgan fingerprint density at radius 2 is 1.00 bits per heavy atom. The van der Waals surface area contributed by atoms with Crippen molar-refractivity contribution in [2.45, 2.75) is 51.9 Å². The molecule has 1 aliphatic heterocycles. The second kappa shape index (κ2) is 4.15. The lowest BCUT2D eigenvalue weighted by atomic mass is 10.4. The van der Waals surface area contributed by atoms with E-state index in [9.17, 15) is 0 Å². The van der Waals surface area contributed by atoms with Crippen LogP contribution in [0.25, 0.3) is 0 Å². The van der Waals surface area contributed by atoms with E-state index in [1.807, 2.05) is 10.4 Å². The summed E-state index contributed by atoms with van der Waals surface area (Å²) in [4.78, 5) is 0. The van der Waals surface area contributed by atoms with Crippen molar-refractivity contribution in [3.8, 4) is 0 Å². The van der Waals surface area contributed by atoms with Gasteiger partial charge in [0.2, 0.25) is 0 Å². The van der Waals surface area contributed by atoms with Gasteiger partial charge in [0.05, 0.1) is 15.2 Å². The summed E-state index contributed by atoms with van der Waals surface area (Å²) in [6, 6.07) is 15.3. The average Bonchev–Trinajstić information content (AvgIpc) is 2.34. The first-order valence-corrected chi connectivity index (χ1v) is 12.6. The first kappa shape index (κ1) is 12.1. The van der Waals surface area contributed by atoms with Gasteiger partial charge in [0, 0.05) is 0 Å². The zero-order valence-corrected chi connectivity index (χ0v) is 13.1. The Kier molecular flexibility index (Phi) is 3.14. The Morgan fingerprint density at radius 1 is 0.688 bits per heavy atom. The van der Waals surface area contributed by atoms with Crippen molar-refractivity contribution < 1.29 is 0 Å². The molecule has 1 heterocycles. The third-order valence-electron chi connectivity index (χ3n) is 5.29. The molecule has 16 heavy (non-hydrogen) atoms. The van der Waals surface area contributed by atoms with Crippen molar-refractivity contribution >= 4 is 25.6 Å². The standard InChI is InChI=1S/C14H24Si2/c1-5-15(6-2)13-11-9-10-12-14(13)16(15,7-3)8-4/h9-12H,5-8H2,1-4H3. The molecular weight excluding hydrogens is 224 g/mol. The summed E-state index contributed by atoms with van der Waals surface area (Å²) in [6.07, 6.45) is 0. The molecule has 0 saturated carbocycles. The molecule has 0 radical (unpaired) electrons. The third-order valence-corrected chi connectivity index (χ3v) is 26.5. The highest BCUT2D eigenvalue weighted by Gasteiger charge is 2.61. The number of benzene rings is 1. The van der Waals surface area contributed by atoms with Crippen molar-refractivity contribution in [1.29, 1.82) is 0 Å².